The van der Waals surface area contributed by atoms with Crippen LogP contribution in [0.1, 0.15) is 5.56 Å². The van der Waals surface area contributed by atoms with Crippen molar-refractivity contribution < 1.29 is 4.84 Å². The number of rotatable bonds is 3. The Morgan fingerprint density at radius 3 is 2.35 bits per heavy atom. The molecule has 0 aromatic heterocycles. The van der Waals surface area contributed by atoms with E-state index >= 15 is 0 Å². The summed E-state index contributed by atoms with van der Waals surface area (Å²) in [6.45, 7) is 3.80. The lowest BCUT2D eigenvalue weighted by Crippen LogP contribution is -1.99. The molecule has 1 aromatic carbocycles. The molecule has 0 saturated heterocycles. The maximum Gasteiger partial charge on any atom is 0.158 e. The maximum absolute atomic E-state index is 7.34. The van der Waals surface area contributed by atoms with E-state index in [1.54, 1.807) is 24.3 Å². The maximum atomic E-state index is 7.34. The number of benzene rings is 1. The minimum atomic E-state index is 0.450. The van der Waals surface area contributed by atoms with Gasteiger partial charge in [-0.2, -0.15) is 0 Å². The summed E-state index contributed by atoms with van der Waals surface area (Å²) in [5.74, 6) is 0.501. The molecular formula is C14H12N2O. The molecule has 0 amide bonds. The van der Waals surface area contributed by atoms with E-state index in [9.17, 15) is 0 Å². The molecule has 84 valence electrons. The summed E-state index contributed by atoms with van der Waals surface area (Å²) in [5.41, 5.74) is 2.01. The van der Waals surface area contributed by atoms with Crippen LogP contribution >= 0.6 is 0 Å². The van der Waals surface area contributed by atoms with Gasteiger partial charge < -0.3 is 10.2 Å². The minimum Gasteiger partial charge on any atom is -0.356 e. The lowest BCUT2D eigenvalue weighted by Gasteiger charge is -2.04. The van der Waals surface area contributed by atoms with E-state index in [2.05, 4.69) is 11.7 Å². The number of nitrogens with zero attached hydrogens (tertiary/aromatic N) is 1. The first-order valence-corrected chi connectivity index (χ1v) is 5.20. The third kappa shape index (κ3) is 3.01. The smallest absolute Gasteiger partial charge is 0.158 e. The van der Waals surface area contributed by atoms with Gasteiger partial charge in [-0.1, -0.05) is 42.1 Å². The first-order valence-electron chi connectivity index (χ1n) is 5.20. The molecule has 0 aliphatic heterocycles. The molecule has 0 atom stereocenters. The van der Waals surface area contributed by atoms with Crippen molar-refractivity contribution in [2.45, 2.75) is 0 Å². The van der Waals surface area contributed by atoms with Gasteiger partial charge in [0, 0.05) is 5.56 Å². The molecule has 2 rings (SSSR count). The predicted molar refractivity (Wildman–Crippen MR) is 70.0 cm³/mol. The second-order valence-corrected chi connectivity index (χ2v) is 3.52. The van der Waals surface area contributed by atoms with Gasteiger partial charge in [0.25, 0.3) is 0 Å². The molecule has 3 nitrogen and oxygen atoms in total. The van der Waals surface area contributed by atoms with Crippen LogP contribution < -0.4 is 0 Å². The number of hydrogen-bond acceptors (Lipinski definition) is 3. The van der Waals surface area contributed by atoms with Crippen molar-refractivity contribution in [2.75, 3.05) is 0 Å². The molecule has 1 N–H and O–H groups in total. The van der Waals surface area contributed by atoms with Crippen LogP contribution in [0.25, 0.3) is 5.76 Å². The zero-order valence-corrected chi connectivity index (χ0v) is 9.26. The van der Waals surface area contributed by atoms with Gasteiger partial charge >= 0.3 is 0 Å². The van der Waals surface area contributed by atoms with Crippen molar-refractivity contribution >= 4 is 17.2 Å². The van der Waals surface area contributed by atoms with Gasteiger partial charge in [0.2, 0.25) is 0 Å². The zero-order valence-electron chi connectivity index (χ0n) is 9.26. The molecule has 0 bridgehead atoms. The third-order valence-electron chi connectivity index (χ3n) is 2.22. The summed E-state index contributed by atoms with van der Waals surface area (Å²) < 4.78 is 0. The molecule has 17 heavy (non-hydrogen) atoms. The average molecular weight is 224 g/mol. The number of allylic oxidation sites excluding steroid dienone is 4. The molecule has 0 spiro atoms. The Morgan fingerprint density at radius 2 is 1.71 bits per heavy atom. The Labute approximate surface area is 99.9 Å². The van der Waals surface area contributed by atoms with Crippen molar-refractivity contribution in [3.8, 4) is 0 Å². The van der Waals surface area contributed by atoms with Crippen molar-refractivity contribution in [3.05, 3.63) is 66.8 Å². The number of hydrogen-bond donors (Lipinski definition) is 1. The number of nitrogens with one attached hydrogen (secondary N) is 1. The number of oxime groups is 1. The van der Waals surface area contributed by atoms with Crippen LogP contribution in [-0.2, 0) is 4.84 Å². The van der Waals surface area contributed by atoms with Gasteiger partial charge in [0.05, 0.1) is 5.71 Å². The first kappa shape index (κ1) is 11.1. The SMILES string of the molecule is C=C(ON=C1C=CC(=N)C=C1)c1ccccc1. The molecule has 0 unspecified atom stereocenters. The van der Waals surface area contributed by atoms with E-state index in [1.165, 1.54) is 0 Å². The molecule has 0 heterocycles. The summed E-state index contributed by atoms with van der Waals surface area (Å²) in [7, 11) is 0. The fraction of sp³-hybridized carbons (Fsp3) is 0. The second-order valence-electron chi connectivity index (χ2n) is 3.52. The lowest BCUT2D eigenvalue weighted by molar-refractivity contribution is 0.300. The van der Waals surface area contributed by atoms with Gasteiger partial charge in [-0.25, -0.2) is 0 Å². The van der Waals surface area contributed by atoms with Crippen LogP contribution in [-0.4, -0.2) is 11.4 Å². The van der Waals surface area contributed by atoms with E-state index < -0.39 is 0 Å². The molecule has 1 aromatic rings. The normalized spacial score (nSPS) is 13.6. The summed E-state index contributed by atoms with van der Waals surface area (Å²) in [6, 6.07) is 9.58. The molecule has 0 saturated carbocycles. The summed E-state index contributed by atoms with van der Waals surface area (Å²) in [5, 5.41) is 11.3. The molecule has 3 heteroatoms. The van der Waals surface area contributed by atoms with Crippen LogP contribution in [0.15, 0.2) is 66.4 Å². The monoisotopic (exact) mass is 224 g/mol. The molecule has 0 radical (unpaired) electrons. The lowest BCUT2D eigenvalue weighted by atomic mass is 10.1. The van der Waals surface area contributed by atoms with Crippen LogP contribution in [0.5, 0.6) is 0 Å². The van der Waals surface area contributed by atoms with Gasteiger partial charge in [0.15, 0.2) is 5.76 Å². The largest absolute Gasteiger partial charge is 0.356 e. The van der Waals surface area contributed by atoms with Gasteiger partial charge in [-0.3, -0.25) is 0 Å². The topological polar surface area (TPSA) is 45.4 Å². The molecule has 1 aliphatic carbocycles. The standard InChI is InChI=1S/C14H12N2O/c1-11(12-5-3-2-4-6-12)17-16-14-9-7-13(15)8-10-14/h2-10,15H,1H2. The highest BCUT2D eigenvalue weighted by molar-refractivity contribution is 6.17. The Bertz CT molecular complexity index is 506. The molecular weight excluding hydrogens is 212 g/mol. The quantitative estimate of drug-likeness (QED) is 0.478. The predicted octanol–water partition coefficient (Wildman–Crippen LogP) is 3.18. The summed E-state index contributed by atoms with van der Waals surface area (Å²) in [6.07, 6.45) is 6.77. The molecule has 1 aliphatic rings. The van der Waals surface area contributed by atoms with E-state index in [0.29, 0.717) is 17.2 Å². The zero-order chi connectivity index (χ0) is 12.1. The fourth-order valence-electron chi connectivity index (χ4n) is 1.31. The van der Waals surface area contributed by atoms with Gasteiger partial charge in [-0.15, -0.1) is 0 Å². The van der Waals surface area contributed by atoms with E-state index in [4.69, 9.17) is 10.2 Å². The highest BCUT2D eigenvalue weighted by Gasteiger charge is 2.00. The van der Waals surface area contributed by atoms with Crippen molar-refractivity contribution in [2.24, 2.45) is 5.16 Å². The summed E-state index contributed by atoms with van der Waals surface area (Å²) >= 11 is 0. The Morgan fingerprint density at radius 1 is 1.06 bits per heavy atom. The van der Waals surface area contributed by atoms with Gasteiger partial charge in [-0.05, 0) is 24.3 Å². The summed E-state index contributed by atoms with van der Waals surface area (Å²) in [4.78, 5) is 5.22. The Hall–Kier alpha value is -2.42. The fourth-order valence-corrected chi connectivity index (χ4v) is 1.31. The van der Waals surface area contributed by atoms with Crippen LogP contribution in [0.4, 0.5) is 0 Å². The van der Waals surface area contributed by atoms with E-state index in [1.807, 2.05) is 30.3 Å². The van der Waals surface area contributed by atoms with Crippen LogP contribution in [0, 0.1) is 5.41 Å². The van der Waals surface area contributed by atoms with Crippen molar-refractivity contribution in [1.82, 2.24) is 0 Å². The van der Waals surface area contributed by atoms with E-state index in [0.717, 1.165) is 5.56 Å². The average Bonchev–Trinajstić information content (AvgIpc) is 2.39. The molecule has 0 fully saturated rings. The van der Waals surface area contributed by atoms with E-state index in [-0.39, 0.29) is 0 Å². The van der Waals surface area contributed by atoms with Gasteiger partial charge in [0.1, 0.15) is 5.71 Å². The highest BCUT2D eigenvalue weighted by atomic mass is 16.6. The Balaban J connectivity index is 2.02. The van der Waals surface area contributed by atoms with Crippen molar-refractivity contribution in [3.63, 3.8) is 0 Å². The first-order chi connectivity index (χ1) is 8.25. The second kappa shape index (κ2) is 5.07. The van der Waals surface area contributed by atoms with Crippen LogP contribution in [0.3, 0.4) is 0 Å². The van der Waals surface area contributed by atoms with Crippen molar-refractivity contribution in [1.29, 1.82) is 5.41 Å². The van der Waals surface area contributed by atoms with Crippen LogP contribution in [0.2, 0.25) is 0 Å². The third-order valence-corrected chi connectivity index (χ3v) is 2.22. The highest BCUT2D eigenvalue weighted by Crippen LogP contribution is 2.13. The Kier molecular flexibility index (Phi) is 3.31. The minimum absolute atomic E-state index is 0.450.